The van der Waals surface area contributed by atoms with Gasteiger partial charge in [0.1, 0.15) is 0 Å². The van der Waals surface area contributed by atoms with E-state index in [0.29, 0.717) is 5.15 Å². The fourth-order valence-corrected chi connectivity index (χ4v) is 2.64. The summed E-state index contributed by atoms with van der Waals surface area (Å²) in [5.74, 6) is 1.83. The zero-order chi connectivity index (χ0) is 12.1. The second-order valence-electron chi connectivity index (χ2n) is 5.11. The Morgan fingerprint density at radius 1 is 1.35 bits per heavy atom. The molecule has 1 fully saturated rings. The Hall–Kier alpha value is -0.830. The summed E-state index contributed by atoms with van der Waals surface area (Å²) in [6, 6.07) is 1.82. The number of anilines is 1. The van der Waals surface area contributed by atoms with Gasteiger partial charge in [-0.2, -0.15) is 5.10 Å². The van der Waals surface area contributed by atoms with Gasteiger partial charge in [0.05, 0.1) is 11.9 Å². The van der Waals surface area contributed by atoms with Crippen LogP contribution in [0.25, 0.3) is 0 Å². The molecule has 2 rings (SSSR count). The molecule has 4 heteroatoms. The van der Waals surface area contributed by atoms with Gasteiger partial charge in [-0.15, -0.1) is 5.10 Å². The highest BCUT2D eigenvalue weighted by molar-refractivity contribution is 6.29. The molecule has 17 heavy (non-hydrogen) atoms. The van der Waals surface area contributed by atoms with Gasteiger partial charge in [-0.25, -0.2) is 0 Å². The van der Waals surface area contributed by atoms with E-state index in [1.54, 1.807) is 6.20 Å². The maximum atomic E-state index is 5.77. The Morgan fingerprint density at radius 3 is 2.82 bits per heavy atom. The smallest absolute Gasteiger partial charge is 0.153 e. The van der Waals surface area contributed by atoms with Crippen molar-refractivity contribution in [3.8, 4) is 0 Å². The summed E-state index contributed by atoms with van der Waals surface area (Å²) < 4.78 is 0. The number of nitrogens with zero attached hydrogens (tertiary/aromatic N) is 2. The highest BCUT2D eigenvalue weighted by Gasteiger charge is 2.17. The number of hydrogen-bond donors (Lipinski definition) is 1. The summed E-state index contributed by atoms with van der Waals surface area (Å²) in [5.41, 5.74) is 0.967. The van der Waals surface area contributed by atoms with Crippen molar-refractivity contribution in [2.24, 2.45) is 11.8 Å². The Bertz CT molecular complexity index is 348. The summed E-state index contributed by atoms with van der Waals surface area (Å²) in [6.45, 7) is 3.36. The largest absolute Gasteiger partial charge is 0.384 e. The number of hydrogen-bond acceptors (Lipinski definition) is 3. The third-order valence-electron chi connectivity index (χ3n) is 3.64. The second-order valence-corrected chi connectivity index (χ2v) is 5.50. The van der Waals surface area contributed by atoms with E-state index in [0.717, 1.165) is 24.1 Å². The Morgan fingerprint density at radius 2 is 2.12 bits per heavy atom. The molecule has 1 aromatic rings. The van der Waals surface area contributed by atoms with Gasteiger partial charge in [0.25, 0.3) is 0 Å². The van der Waals surface area contributed by atoms with Gasteiger partial charge < -0.3 is 5.32 Å². The molecule has 1 saturated carbocycles. The maximum absolute atomic E-state index is 5.77. The quantitative estimate of drug-likeness (QED) is 0.888. The molecule has 0 atom stereocenters. The van der Waals surface area contributed by atoms with E-state index in [-0.39, 0.29) is 0 Å². The van der Waals surface area contributed by atoms with Gasteiger partial charge in [0.2, 0.25) is 0 Å². The average molecular weight is 254 g/mol. The standard InChI is InChI=1S/C13H20ClN3/c1-10-2-4-11(5-3-10)6-7-15-12-8-13(14)17-16-9-12/h8-11H,2-7H2,1H3,(H,15,17). The molecule has 0 spiro atoms. The zero-order valence-electron chi connectivity index (χ0n) is 10.3. The molecule has 1 heterocycles. The van der Waals surface area contributed by atoms with Crippen molar-refractivity contribution in [1.29, 1.82) is 0 Å². The van der Waals surface area contributed by atoms with Crippen LogP contribution in [0.1, 0.15) is 39.0 Å². The minimum atomic E-state index is 0.446. The van der Waals surface area contributed by atoms with E-state index in [1.807, 2.05) is 6.07 Å². The molecular weight excluding hydrogens is 234 g/mol. The molecule has 0 aromatic carbocycles. The molecule has 1 aromatic heterocycles. The third-order valence-corrected chi connectivity index (χ3v) is 3.83. The van der Waals surface area contributed by atoms with E-state index in [9.17, 15) is 0 Å². The van der Waals surface area contributed by atoms with Gasteiger partial charge >= 0.3 is 0 Å². The fraction of sp³-hybridized carbons (Fsp3) is 0.692. The van der Waals surface area contributed by atoms with Crippen LogP contribution in [0.2, 0.25) is 5.15 Å². The fourth-order valence-electron chi connectivity index (χ4n) is 2.48. The lowest BCUT2D eigenvalue weighted by Gasteiger charge is -2.26. The first-order valence-electron chi connectivity index (χ1n) is 6.46. The molecule has 0 amide bonds. The molecule has 1 N–H and O–H groups in total. The normalized spacial score (nSPS) is 24.6. The van der Waals surface area contributed by atoms with Crippen molar-refractivity contribution in [2.75, 3.05) is 11.9 Å². The van der Waals surface area contributed by atoms with E-state index in [4.69, 9.17) is 11.6 Å². The number of aromatic nitrogens is 2. The molecular formula is C13H20ClN3. The number of halogens is 1. The molecule has 1 aliphatic carbocycles. The van der Waals surface area contributed by atoms with Gasteiger partial charge in [-0.05, 0) is 18.3 Å². The lowest BCUT2D eigenvalue weighted by atomic mass is 9.81. The van der Waals surface area contributed by atoms with Crippen LogP contribution in [0, 0.1) is 11.8 Å². The van der Waals surface area contributed by atoms with Crippen molar-refractivity contribution in [2.45, 2.75) is 39.0 Å². The van der Waals surface area contributed by atoms with Crippen molar-refractivity contribution >= 4 is 17.3 Å². The van der Waals surface area contributed by atoms with Crippen molar-refractivity contribution < 1.29 is 0 Å². The molecule has 94 valence electrons. The van der Waals surface area contributed by atoms with E-state index in [2.05, 4.69) is 22.4 Å². The summed E-state index contributed by atoms with van der Waals surface area (Å²) in [4.78, 5) is 0. The van der Waals surface area contributed by atoms with Crippen LogP contribution < -0.4 is 5.32 Å². The molecule has 0 bridgehead atoms. The Labute approximate surface area is 108 Å². The van der Waals surface area contributed by atoms with Gasteiger partial charge in [-0.3, -0.25) is 0 Å². The monoisotopic (exact) mass is 253 g/mol. The first-order valence-corrected chi connectivity index (χ1v) is 6.84. The number of nitrogens with one attached hydrogen (secondary N) is 1. The second kappa shape index (κ2) is 6.20. The predicted molar refractivity (Wildman–Crippen MR) is 71.3 cm³/mol. The van der Waals surface area contributed by atoms with Gasteiger partial charge in [0, 0.05) is 12.6 Å². The van der Waals surface area contributed by atoms with Crippen LogP contribution in [0.15, 0.2) is 12.3 Å². The van der Waals surface area contributed by atoms with Gasteiger partial charge in [-0.1, -0.05) is 44.2 Å². The summed E-state index contributed by atoms with van der Waals surface area (Å²) >= 11 is 5.77. The van der Waals surface area contributed by atoms with Crippen molar-refractivity contribution in [3.63, 3.8) is 0 Å². The highest BCUT2D eigenvalue weighted by Crippen LogP contribution is 2.30. The highest BCUT2D eigenvalue weighted by atomic mass is 35.5. The molecule has 0 radical (unpaired) electrons. The summed E-state index contributed by atoms with van der Waals surface area (Å²) in [7, 11) is 0. The molecule has 0 unspecified atom stereocenters. The predicted octanol–water partition coefficient (Wildman–Crippen LogP) is 3.76. The first-order chi connectivity index (χ1) is 8.24. The molecule has 0 saturated heterocycles. The lowest BCUT2D eigenvalue weighted by molar-refractivity contribution is 0.282. The maximum Gasteiger partial charge on any atom is 0.153 e. The lowest BCUT2D eigenvalue weighted by Crippen LogP contribution is -2.15. The number of rotatable bonds is 4. The van der Waals surface area contributed by atoms with Crippen LogP contribution in [-0.2, 0) is 0 Å². The topological polar surface area (TPSA) is 37.8 Å². The average Bonchev–Trinajstić information content (AvgIpc) is 2.32. The van der Waals surface area contributed by atoms with Crippen LogP contribution >= 0.6 is 11.6 Å². The minimum absolute atomic E-state index is 0.446. The third kappa shape index (κ3) is 4.15. The van der Waals surface area contributed by atoms with Gasteiger partial charge in [0.15, 0.2) is 5.15 Å². The minimum Gasteiger partial charge on any atom is -0.384 e. The summed E-state index contributed by atoms with van der Waals surface area (Å²) in [6.07, 6.45) is 8.53. The zero-order valence-corrected chi connectivity index (χ0v) is 11.1. The van der Waals surface area contributed by atoms with E-state index < -0.39 is 0 Å². The van der Waals surface area contributed by atoms with Crippen LogP contribution in [0.5, 0.6) is 0 Å². The van der Waals surface area contributed by atoms with Crippen LogP contribution in [0.4, 0.5) is 5.69 Å². The van der Waals surface area contributed by atoms with Crippen molar-refractivity contribution in [1.82, 2.24) is 10.2 Å². The first kappa shape index (κ1) is 12.6. The SMILES string of the molecule is CC1CCC(CCNc2cnnc(Cl)c2)CC1. The molecule has 3 nitrogen and oxygen atoms in total. The van der Waals surface area contributed by atoms with Crippen LogP contribution in [-0.4, -0.2) is 16.7 Å². The molecule has 0 aliphatic heterocycles. The Kier molecular flexibility index (Phi) is 4.60. The Balaban J connectivity index is 1.69. The van der Waals surface area contributed by atoms with Crippen molar-refractivity contribution in [3.05, 3.63) is 17.4 Å². The van der Waals surface area contributed by atoms with E-state index >= 15 is 0 Å². The molecule has 1 aliphatic rings. The summed E-state index contributed by atoms with van der Waals surface area (Å²) in [5, 5.41) is 11.3. The van der Waals surface area contributed by atoms with Crippen LogP contribution in [0.3, 0.4) is 0 Å². The van der Waals surface area contributed by atoms with E-state index in [1.165, 1.54) is 32.1 Å².